The Bertz CT molecular complexity index is 1920. The van der Waals surface area contributed by atoms with Crippen LogP contribution < -0.4 is 28.7 Å². The van der Waals surface area contributed by atoms with Gasteiger partial charge in [0.15, 0.2) is 0 Å². The number of hydrogen-bond donors (Lipinski definition) is 0. The van der Waals surface area contributed by atoms with Gasteiger partial charge in [-0.15, -0.1) is 0 Å². The van der Waals surface area contributed by atoms with Crippen LogP contribution in [-0.2, 0) is 0 Å². The van der Waals surface area contributed by atoms with Gasteiger partial charge in [-0.2, -0.15) is 0 Å². The van der Waals surface area contributed by atoms with Crippen molar-refractivity contribution in [2.75, 3.05) is 38.2 Å². The van der Waals surface area contributed by atoms with E-state index in [2.05, 4.69) is 131 Å². The smallest absolute Gasteiger partial charge is 0.119 e. The molecule has 0 N–H and O–H groups in total. The second kappa shape index (κ2) is 15.5. The van der Waals surface area contributed by atoms with Crippen molar-refractivity contribution in [3.63, 3.8) is 0 Å². The molecule has 0 saturated carbocycles. The van der Waals surface area contributed by atoms with Crippen LogP contribution in [-0.4, -0.2) is 28.4 Å². The van der Waals surface area contributed by atoms with Crippen molar-refractivity contribution >= 4 is 34.1 Å². The molecule has 0 aliphatic carbocycles. The molecule has 0 aliphatic rings. The highest BCUT2D eigenvalue weighted by molar-refractivity contribution is 5.81. The van der Waals surface area contributed by atoms with Gasteiger partial charge in [-0.25, -0.2) is 0 Å². The molecule has 6 nitrogen and oxygen atoms in total. The second-order valence-corrected chi connectivity index (χ2v) is 12.1. The predicted molar refractivity (Wildman–Crippen MR) is 213 cm³/mol. The quantitative estimate of drug-likeness (QED) is 0.128. The van der Waals surface area contributed by atoms with Crippen LogP contribution in [0, 0.1) is 0 Å². The lowest BCUT2D eigenvalue weighted by atomic mass is 9.99. The van der Waals surface area contributed by atoms with E-state index in [0.717, 1.165) is 79.4 Å². The lowest BCUT2D eigenvalue weighted by molar-refractivity contribution is 0.414. The highest BCUT2D eigenvalue weighted by Gasteiger charge is 2.15. The van der Waals surface area contributed by atoms with Crippen LogP contribution >= 0.6 is 0 Å². The van der Waals surface area contributed by atoms with E-state index in [1.807, 2.05) is 48.5 Å². The number of nitrogens with zero attached hydrogens (tertiary/aromatic N) is 2. The molecule has 7 rings (SSSR count). The number of benzene rings is 7. The molecule has 0 atom stereocenters. The highest BCUT2D eigenvalue weighted by atomic mass is 16.5. The number of ether oxygens (including phenoxy) is 4. The molecule has 0 aromatic heterocycles. The molecular formula is C46H40N2O4. The van der Waals surface area contributed by atoms with Gasteiger partial charge in [0.2, 0.25) is 0 Å². The fraction of sp³-hybridized carbons (Fsp3) is 0.0870. The van der Waals surface area contributed by atoms with Crippen molar-refractivity contribution in [2.24, 2.45) is 0 Å². The third-order valence-corrected chi connectivity index (χ3v) is 9.13. The van der Waals surface area contributed by atoms with Crippen LogP contribution in [0.3, 0.4) is 0 Å². The summed E-state index contributed by atoms with van der Waals surface area (Å²) in [6, 6.07) is 58.4. The van der Waals surface area contributed by atoms with Crippen molar-refractivity contribution in [3.8, 4) is 45.3 Å². The summed E-state index contributed by atoms with van der Waals surface area (Å²) in [7, 11) is 6.72. The number of rotatable bonds is 12. The first-order chi connectivity index (χ1) is 25.6. The van der Waals surface area contributed by atoms with E-state index in [4.69, 9.17) is 18.9 Å². The molecule has 0 radical (unpaired) electrons. The SMILES string of the molecule is COc1ccc(N(c2ccc(OC)cc2)c2ccc(-c3ccc(-c4ccc(N(c5ccc(OC)cc5)c5ccc(OC)cc5)cc4)cc3)cc2)cc1. The summed E-state index contributed by atoms with van der Waals surface area (Å²) in [6.45, 7) is 0. The van der Waals surface area contributed by atoms with Crippen LogP contribution in [0.5, 0.6) is 23.0 Å². The van der Waals surface area contributed by atoms with Crippen molar-refractivity contribution in [1.29, 1.82) is 0 Å². The van der Waals surface area contributed by atoms with Gasteiger partial charge in [0.1, 0.15) is 23.0 Å². The Balaban J connectivity index is 1.12. The maximum Gasteiger partial charge on any atom is 0.119 e. The van der Waals surface area contributed by atoms with E-state index in [0.29, 0.717) is 0 Å². The first-order valence-corrected chi connectivity index (χ1v) is 17.0. The van der Waals surface area contributed by atoms with Crippen LogP contribution in [0.15, 0.2) is 170 Å². The van der Waals surface area contributed by atoms with E-state index in [1.165, 1.54) is 0 Å². The molecule has 0 aliphatic heterocycles. The molecule has 7 aromatic carbocycles. The first-order valence-electron chi connectivity index (χ1n) is 17.0. The molecule has 0 amide bonds. The Kier molecular flexibility index (Phi) is 10.1. The van der Waals surface area contributed by atoms with Crippen LogP contribution in [0.25, 0.3) is 22.3 Å². The monoisotopic (exact) mass is 684 g/mol. The Hall–Kier alpha value is -6.66. The third kappa shape index (κ3) is 7.28. The minimum Gasteiger partial charge on any atom is -0.497 e. The predicted octanol–water partition coefficient (Wildman–Crippen LogP) is 12.0. The summed E-state index contributed by atoms with van der Waals surface area (Å²) < 4.78 is 21.6. The van der Waals surface area contributed by atoms with Gasteiger partial charge in [-0.3, -0.25) is 0 Å². The third-order valence-electron chi connectivity index (χ3n) is 9.13. The fourth-order valence-electron chi connectivity index (χ4n) is 6.28. The molecule has 0 bridgehead atoms. The normalized spacial score (nSPS) is 10.7. The minimum absolute atomic E-state index is 0.817. The van der Waals surface area contributed by atoms with E-state index in [1.54, 1.807) is 28.4 Å². The first kappa shape index (κ1) is 33.8. The molecule has 0 unspecified atom stereocenters. The lowest BCUT2D eigenvalue weighted by Gasteiger charge is -2.26. The van der Waals surface area contributed by atoms with Gasteiger partial charge in [0.05, 0.1) is 28.4 Å². The van der Waals surface area contributed by atoms with Crippen molar-refractivity contribution in [3.05, 3.63) is 170 Å². The van der Waals surface area contributed by atoms with Crippen LogP contribution in [0.4, 0.5) is 34.1 Å². The summed E-state index contributed by atoms with van der Waals surface area (Å²) in [6.07, 6.45) is 0. The van der Waals surface area contributed by atoms with E-state index in [9.17, 15) is 0 Å². The summed E-state index contributed by atoms with van der Waals surface area (Å²) >= 11 is 0. The number of anilines is 6. The molecule has 6 heteroatoms. The van der Waals surface area contributed by atoms with Crippen molar-refractivity contribution < 1.29 is 18.9 Å². The Morgan fingerprint density at radius 1 is 0.231 bits per heavy atom. The number of methoxy groups -OCH3 is 4. The molecule has 0 heterocycles. The van der Waals surface area contributed by atoms with E-state index >= 15 is 0 Å². The Morgan fingerprint density at radius 3 is 0.558 bits per heavy atom. The molecule has 258 valence electrons. The van der Waals surface area contributed by atoms with Crippen molar-refractivity contribution in [2.45, 2.75) is 0 Å². The van der Waals surface area contributed by atoms with Gasteiger partial charge < -0.3 is 28.7 Å². The van der Waals surface area contributed by atoms with Gasteiger partial charge in [0.25, 0.3) is 0 Å². The average molecular weight is 685 g/mol. The summed E-state index contributed by atoms with van der Waals surface area (Å²) in [4.78, 5) is 4.44. The topological polar surface area (TPSA) is 43.4 Å². The summed E-state index contributed by atoms with van der Waals surface area (Å²) in [5.41, 5.74) is 10.8. The Labute approximate surface area is 305 Å². The van der Waals surface area contributed by atoms with E-state index < -0.39 is 0 Å². The second-order valence-electron chi connectivity index (χ2n) is 12.1. The summed E-state index contributed by atoms with van der Waals surface area (Å²) in [5.74, 6) is 3.27. The molecular weight excluding hydrogens is 645 g/mol. The van der Waals surface area contributed by atoms with Gasteiger partial charge in [-0.05, 0) is 144 Å². The molecule has 52 heavy (non-hydrogen) atoms. The van der Waals surface area contributed by atoms with E-state index in [-0.39, 0.29) is 0 Å². The van der Waals surface area contributed by atoms with Crippen molar-refractivity contribution in [1.82, 2.24) is 0 Å². The largest absolute Gasteiger partial charge is 0.497 e. The average Bonchev–Trinajstić information content (AvgIpc) is 3.22. The zero-order chi connectivity index (χ0) is 35.9. The number of hydrogen-bond acceptors (Lipinski definition) is 6. The van der Waals surface area contributed by atoms with Gasteiger partial charge in [-0.1, -0.05) is 48.5 Å². The molecule has 0 fully saturated rings. The maximum atomic E-state index is 5.41. The molecule has 0 saturated heterocycles. The zero-order valence-electron chi connectivity index (χ0n) is 29.7. The van der Waals surface area contributed by atoms with Crippen LogP contribution in [0.2, 0.25) is 0 Å². The minimum atomic E-state index is 0.817. The van der Waals surface area contributed by atoms with Crippen LogP contribution in [0.1, 0.15) is 0 Å². The van der Waals surface area contributed by atoms with Gasteiger partial charge in [0, 0.05) is 34.1 Å². The maximum absolute atomic E-state index is 5.41. The zero-order valence-corrected chi connectivity index (χ0v) is 29.7. The lowest BCUT2D eigenvalue weighted by Crippen LogP contribution is -2.09. The fourth-order valence-corrected chi connectivity index (χ4v) is 6.28. The highest BCUT2D eigenvalue weighted by Crippen LogP contribution is 2.39. The molecule has 7 aromatic rings. The molecule has 0 spiro atoms. The van der Waals surface area contributed by atoms with Gasteiger partial charge >= 0.3 is 0 Å². The standard InChI is InChI=1S/C46H40N2O4/c1-49-43-25-17-39(18-26-43)47(40-19-27-44(50-2)28-20-40)37-13-9-35(10-14-37)33-5-7-34(8-6-33)36-11-15-38(16-12-36)48(41-21-29-45(51-3)30-22-41)42-23-31-46(52-4)32-24-42/h5-32H,1-4H3. The Morgan fingerprint density at radius 2 is 0.385 bits per heavy atom. The summed E-state index contributed by atoms with van der Waals surface area (Å²) in [5, 5.41) is 0.